The first-order valence-electron chi connectivity index (χ1n) is 8.47. The Morgan fingerprint density at radius 1 is 1.21 bits per heavy atom. The highest BCUT2D eigenvalue weighted by Crippen LogP contribution is 2.17. The normalized spacial score (nSPS) is 12.4. The number of carbonyl (C=O) groups excluding carboxylic acids is 1. The number of rotatable bonds is 7. The van der Waals surface area contributed by atoms with Crippen molar-refractivity contribution in [2.24, 2.45) is 5.92 Å². The predicted molar refractivity (Wildman–Crippen MR) is 100 cm³/mol. The van der Waals surface area contributed by atoms with E-state index in [1.807, 2.05) is 11.0 Å². The molecule has 0 fully saturated rings. The zero-order chi connectivity index (χ0) is 17.7. The van der Waals surface area contributed by atoms with Gasteiger partial charge in [-0.25, -0.2) is 0 Å². The van der Waals surface area contributed by atoms with Crippen molar-refractivity contribution in [2.75, 3.05) is 5.88 Å². The summed E-state index contributed by atoms with van der Waals surface area (Å²) in [5.41, 5.74) is 3.65. The Bertz CT molecular complexity index is 678. The van der Waals surface area contributed by atoms with Gasteiger partial charge in [-0.1, -0.05) is 43.7 Å². The van der Waals surface area contributed by atoms with E-state index in [1.54, 1.807) is 0 Å². The number of nitrogens with zero attached hydrogens (tertiary/aromatic N) is 2. The van der Waals surface area contributed by atoms with E-state index in [-0.39, 0.29) is 17.8 Å². The van der Waals surface area contributed by atoms with E-state index < -0.39 is 0 Å². The van der Waals surface area contributed by atoms with E-state index in [9.17, 15) is 4.79 Å². The van der Waals surface area contributed by atoms with Crippen LogP contribution in [0, 0.1) is 12.8 Å². The van der Waals surface area contributed by atoms with Gasteiger partial charge < -0.3 is 9.47 Å². The van der Waals surface area contributed by atoms with Gasteiger partial charge >= 0.3 is 0 Å². The molecule has 0 N–H and O–H groups in total. The van der Waals surface area contributed by atoms with Crippen LogP contribution >= 0.6 is 11.6 Å². The molecule has 1 aromatic heterocycles. The van der Waals surface area contributed by atoms with Crippen molar-refractivity contribution in [3.63, 3.8) is 0 Å². The Hall–Kier alpha value is -1.74. The van der Waals surface area contributed by atoms with Crippen LogP contribution in [0.25, 0.3) is 0 Å². The number of aryl methyl sites for hydroxylation is 1. The van der Waals surface area contributed by atoms with Crippen molar-refractivity contribution in [2.45, 2.75) is 46.8 Å². The molecular weight excluding hydrogens is 320 g/mol. The van der Waals surface area contributed by atoms with E-state index in [4.69, 9.17) is 11.6 Å². The Balaban J connectivity index is 2.20. The monoisotopic (exact) mass is 346 g/mol. The number of carbonyl (C=O) groups is 1. The standard InChI is InChI=1S/C20H27ClN2O/c1-15(2)17(4)23(20(24)12-21)14-19-9-6-10-22(19)13-18-8-5-7-16(3)11-18/h5-11,15,17H,12-14H2,1-4H3/t17-/m1/s1. The van der Waals surface area contributed by atoms with Gasteiger partial charge in [-0.3, -0.25) is 4.79 Å². The van der Waals surface area contributed by atoms with E-state index in [0.29, 0.717) is 12.5 Å². The van der Waals surface area contributed by atoms with Crippen molar-refractivity contribution in [1.29, 1.82) is 0 Å². The van der Waals surface area contributed by atoms with Gasteiger partial charge in [0.25, 0.3) is 0 Å². The highest BCUT2D eigenvalue weighted by Gasteiger charge is 2.23. The molecule has 24 heavy (non-hydrogen) atoms. The fraction of sp³-hybridized carbons (Fsp3) is 0.450. The van der Waals surface area contributed by atoms with E-state index in [1.165, 1.54) is 11.1 Å². The van der Waals surface area contributed by atoms with E-state index in [0.717, 1.165) is 12.2 Å². The van der Waals surface area contributed by atoms with Crippen molar-refractivity contribution in [3.05, 3.63) is 59.4 Å². The number of aromatic nitrogens is 1. The minimum atomic E-state index is -0.0128. The average molecular weight is 347 g/mol. The lowest BCUT2D eigenvalue weighted by Gasteiger charge is -2.32. The summed E-state index contributed by atoms with van der Waals surface area (Å²) < 4.78 is 2.20. The van der Waals surface area contributed by atoms with Crippen molar-refractivity contribution in [3.8, 4) is 0 Å². The second kappa shape index (κ2) is 8.39. The third-order valence-electron chi connectivity index (χ3n) is 4.58. The molecule has 1 aromatic carbocycles. The lowest BCUT2D eigenvalue weighted by Crippen LogP contribution is -2.42. The second-order valence-corrected chi connectivity index (χ2v) is 7.02. The van der Waals surface area contributed by atoms with Crippen LogP contribution in [0.15, 0.2) is 42.6 Å². The molecule has 0 saturated carbocycles. The van der Waals surface area contributed by atoms with Gasteiger partial charge in [0.1, 0.15) is 5.88 Å². The zero-order valence-electron chi connectivity index (χ0n) is 15.0. The van der Waals surface area contributed by atoms with Crippen LogP contribution < -0.4 is 0 Å². The molecule has 3 nitrogen and oxygen atoms in total. The Labute approximate surface area is 150 Å². The summed E-state index contributed by atoms with van der Waals surface area (Å²) in [4.78, 5) is 14.2. The molecule has 130 valence electrons. The number of alkyl halides is 1. The zero-order valence-corrected chi connectivity index (χ0v) is 15.8. The summed E-state index contributed by atoms with van der Waals surface area (Å²) in [5.74, 6) is 0.397. The third kappa shape index (κ3) is 4.64. The van der Waals surface area contributed by atoms with Gasteiger partial charge in [-0.15, -0.1) is 11.6 Å². The lowest BCUT2D eigenvalue weighted by molar-refractivity contribution is -0.132. The van der Waals surface area contributed by atoms with Crippen molar-refractivity contribution in [1.82, 2.24) is 9.47 Å². The number of hydrogen-bond donors (Lipinski definition) is 0. The van der Waals surface area contributed by atoms with Gasteiger partial charge in [0.2, 0.25) is 5.91 Å². The minimum absolute atomic E-state index is 0.0128. The molecule has 2 aromatic rings. The molecule has 0 bridgehead atoms. The Morgan fingerprint density at radius 3 is 2.58 bits per heavy atom. The van der Waals surface area contributed by atoms with Gasteiger partial charge in [0.05, 0.1) is 6.54 Å². The molecule has 1 atom stereocenters. The highest BCUT2D eigenvalue weighted by atomic mass is 35.5. The lowest BCUT2D eigenvalue weighted by atomic mass is 10.0. The maximum atomic E-state index is 12.3. The first-order valence-corrected chi connectivity index (χ1v) is 9.00. The Kier molecular flexibility index (Phi) is 6.50. The molecule has 0 radical (unpaired) electrons. The first kappa shape index (κ1) is 18.6. The SMILES string of the molecule is Cc1cccc(Cn2cccc2CN(C(=O)CCl)[C@H](C)C(C)C)c1. The summed E-state index contributed by atoms with van der Waals surface area (Å²) in [6.45, 7) is 9.84. The highest BCUT2D eigenvalue weighted by molar-refractivity contribution is 6.27. The quantitative estimate of drug-likeness (QED) is 0.679. The van der Waals surface area contributed by atoms with Crippen molar-refractivity contribution < 1.29 is 4.79 Å². The van der Waals surface area contributed by atoms with Gasteiger partial charge in [0, 0.05) is 24.5 Å². The summed E-state index contributed by atoms with van der Waals surface area (Å²) in [7, 11) is 0. The van der Waals surface area contributed by atoms with Crippen molar-refractivity contribution >= 4 is 17.5 Å². The first-order chi connectivity index (χ1) is 11.4. The van der Waals surface area contributed by atoms with Gasteiger partial charge in [-0.05, 0) is 37.5 Å². The van der Waals surface area contributed by atoms with Crippen LogP contribution in [0.3, 0.4) is 0 Å². The second-order valence-electron chi connectivity index (χ2n) is 6.76. The summed E-state index contributed by atoms with van der Waals surface area (Å²) in [5, 5.41) is 0. The molecule has 0 aliphatic heterocycles. The third-order valence-corrected chi connectivity index (χ3v) is 4.81. The van der Waals surface area contributed by atoms with Crippen LogP contribution in [0.1, 0.15) is 37.6 Å². The molecule has 0 spiro atoms. The maximum absolute atomic E-state index is 12.3. The number of halogens is 1. The molecule has 0 aliphatic rings. The molecule has 1 amide bonds. The van der Waals surface area contributed by atoms with Crippen LogP contribution in [-0.4, -0.2) is 27.3 Å². The molecule has 0 unspecified atom stereocenters. The molecule has 0 aliphatic carbocycles. The summed E-state index contributed by atoms with van der Waals surface area (Å²) in [6.07, 6.45) is 2.07. The van der Waals surface area contributed by atoms with Crippen LogP contribution in [0.2, 0.25) is 0 Å². The molecule has 2 rings (SSSR count). The van der Waals surface area contributed by atoms with E-state index in [2.05, 4.69) is 68.8 Å². The predicted octanol–water partition coefficient (Wildman–Crippen LogP) is 4.46. The van der Waals surface area contributed by atoms with E-state index >= 15 is 0 Å². The minimum Gasteiger partial charge on any atom is -0.345 e. The van der Waals surface area contributed by atoms with Gasteiger partial charge in [0.15, 0.2) is 0 Å². The largest absolute Gasteiger partial charge is 0.345 e. The molecule has 1 heterocycles. The van der Waals surface area contributed by atoms with Crippen LogP contribution in [0.5, 0.6) is 0 Å². The average Bonchev–Trinajstić information content (AvgIpc) is 2.98. The summed E-state index contributed by atoms with van der Waals surface area (Å²) in [6, 6.07) is 12.8. The molecule has 0 saturated heterocycles. The fourth-order valence-electron chi connectivity index (χ4n) is 2.82. The topological polar surface area (TPSA) is 25.2 Å². The smallest absolute Gasteiger partial charge is 0.238 e. The molecular formula is C20H27ClN2O. The van der Waals surface area contributed by atoms with Crippen LogP contribution in [-0.2, 0) is 17.9 Å². The van der Waals surface area contributed by atoms with Crippen LogP contribution in [0.4, 0.5) is 0 Å². The van der Waals surface area contributed by atoms with Gasteiger partial charge in [-0.2, -0.15) is 0 Å². The molecule has 4 heteroatoms. The Morgan fingerprint density at radius 2 is 1.96 bits per heavy atom. The number of amides is 1. The maximum Gasteiger partial charge on any atom is 0.238 e. The fourth-order valence-corrected chi connectivity index (χ4v) is 2.98. The number of benzene rings is 1. The summed E-state index contributed by atoms with van der Waals surface area (Å²) >= 11 is 5.82. The number of hydrogen-bond acceptors (Lipinski definition) is 1.